The highest BCUT2D eigenvalue weighted by Crippen LogP contribution is 2.28. The number of nitrogens with one attached hydrogen (secondary N) is 1. The second kappa shape index (κ2) is 9.57. The van der Waals surface area contributed by atoms with E-state index in [1.165, 1.54) is 0 Å². The monoisotopic (exact) mass is 445 g/mol. The van der Waals surface area contributed by atoms with Gasteiger partial charge in [0.25, 0.3) is 5.56 Å². The van der Waals surface area contributed by atoms with Crippen LogP contribution < -0.4 is 10.9 Å². The van der Waals surface area contributed by atoms with Gasteiger partial charge in [0.2, 0.25) is 5.91 Å². The number of aryl methyl sites for hydroxylation is 1. The molecule has 0 saturated heterocycles. The normalized spacial score (nSPS) is 12.7. The molecule has 33 heavy (non-hydrogen) atoms. The molecule has 2 aromatic carbocycles. The third-order valence-corrected chi connectivity index (χ3v) is 5.94. The summed E-state index contributed by atoms with van der Waals surface area (Å²) in [4.78, 5) is 34.7. The molecule has 4 rings (SSSR count). The quantitative estimate of drug-likeness (QED) is 0.429. The number of aromatic nitrogens is 4. The van der Waals surface area contributed by atoms with Crippen LogP contribution in [0.4, 0.5) is 0 Å². The van der Waals surface area contributed by atoms with E-state index in [4.69, 9.17) is 4.98 Å². The molecule has 0 fully saturated rings. The summed E-state index contributed by atoms with van der Waals surface area (Å²) in [6.45, 7) is 8.89. The number of rotatable bonds is 8. The largest absolute Gasteiger partial charge is 0.346 e. The number of amides is 1. The Morgan fingerprint density at radius 2 is 1.70 bits per heavy atom. The fourth-order valence-corrected chi connectivity index (χ4v) is 4.28. The van der Waals surface area contributed by atoms with Gasteiger partial charge in [0.05, 0.1) is 34.3 Å². The summed E-state index contributed by atoms with van der Waals surface area (Å²) in [5.74, 6) is 1.01. The van der Waals surface area contributed by atoms with E-state index in [0.717, 1.165) is 16.9 Å². The molecule has 2 aromatic heterocycles. The summed E-state index contributed by atoms with van der Waals surface area (Å²) in [6, 6.07) is 15.4. The zero-order chi connectivity index (χ0) is 23.5. The number of hydrogen-bond donors (Lipinski definition) is 1. The molecule has 0 aliphatic carbocycles. The van der Waals surface area contributed by atoms with Crippen molar-refractivity contribution in [2.45, 2.75) is 59.2 Å². The van der Waals surface area contributed by atoms with E-state index in [1.807, 2.05) is 36.4 Å². The van der Waals surface area contributed by atoms with E-state index < -0.39 is 0 Å². The van der Waals surface area contributed by atoms with Gasteiger partial charge in [0, 0.05) is 19.0 Å². The smallest absolute Gasteiger partial charge is 0.261 e. The summed E-state index contributed by atoms with van der Waals surface area (Å²) >= 11 is 0. The number of fused-ring (bicyclic) bond motifs is 2. The van der Waals surface area contributed by atoms with Crippen molar-refractivity contribution in [1.82, 2.24) is 24.4 Å². The molecule has 0 aliphatic heterocycles. The Balaban J connectivity index is 1.47. The molecule has 1 unspecified atom stereocenters. The van der Waals surface area contributed by atoms with Crippen molar-refractivity contribution >= 4 is 27.8 Å². The minimum atomic E-state index is -0.197. The third-order valence-electron chi connectivity index (χ3n) is 5.94. The number of carbonyl (C=O) groups is 1. The Bertz CT molecular complexity index is 1340. The summed E-state index contributed by atoms with van der Waals surface area (Å²) in [5, 5.41) is 3.79. The van der Waals surface area contributed by atoms with Crippen molar-refractivity contribution in [3.63, 3.8) is 0 Å². The van der Waals surface area contributed by atoms with Crippen LogP contribution in [0.3, 0.4) is 0 Å². The maximum Gasteiger partial charge on any atom is 0.261 e. The van der Waals surface area contributed by atoms with Gasteiger partial charge in [0.1, 0.15) is 5.82 Å². The SMILES string of the molecule is CC(C)C(NC(=O)CCCn1cnc2ccccc2c1=O)c1nc2ccccc2n1C(C)C. The van der Waals surface area contributed by atoms with Crippen LogP contribution in [0.5, 0.6) is 0 Å². The molecule has 172 valence electrons. The second-order valence-corrected chi connectivity index (χ2v) is 9.08. The van der Waals surface area contributed by atoms with Crippen LogP contribution >= 0.6 is 0 Å². The highest BCUT2D eigenvalue weighted by molar-refractivity contribution is 5.78. The van der Waals surface area contributed by atoms with Crippen molar-refractivity contribution in [2.75, 3.05) is 0 Å². The lowest BCUT2D eigenvalue weighted by Crippen LogP contribution is -2.34. The van der Waals surface area contributed by atoms with Gasteiger partial charge in [-0.3, -0.25) is 14.2 Å². The van der Waals surface area contributed by atoms with Crippen LogP contribution in [0, 0.1) is 5.92 Å². The average molecular weight is 446 g/mol. The van der Waals surface area contributed by atoms with E-state index in [9.17, 15) is 9.59 Å². The predicted molar refractivity (Wildman–Crippen MR) is 131 cm³/mol. The fraction of sp³-hybridized carbons (Fsp3) is 0.385. The minimum absolute atomic E-state index is 0.0436. The molecular weight excluding hydrogens is 414 g/mol. The maximum atomic E-state index is 12.9. The average Bonchev–Trinajstić information content (AvgIpc) is 3.18. The standard InChI is InChI=1S/C26H31N5O2/c1-17(2)24(25-28-21-12-7-8-13-22(21)31(25)18(3)4)29-23(32)14-9-15-30-16-27-20-11-6-5-10-19(20)26(30)33/h5-8,10-13,16-18,24H,9,14-15H2,1-4H3,(H,29,32). The van der Waals surface area contributed by atoms with Gasteiger partial charge in [-0.25, -0.2) is 9.97 Å². The Labute approximate surface area is 193 Å². The summed E-state index contributed by atoms with van der Waals surface area (Å²) in [7, 11) is 0. The lowest BCUT2D eigenvalue weighted by molar-refractivity contribution is -0.122. The van der Waals surface area contributed by atoms with Crippen molar-refractivity contribution in [3.8, 4) is 0 Å². The van der Waals surface area contributed by atoms with Gasteiger partial charge in [-0.05, 0) is 50.5 Å². The number of carbonyl (C=O) groups excluding carboxylic acids is 1. The highest BCUT2D eigenvalue weighted by atomic mass is 16.1. The Morgan fingerprint density at radius 3 is 2.42 bits per heavy atom. The zero-order valence-electron chi connectivity index (χ0n) is 19.7. The van der Waals surface area contributed by atoms with Crippen LogP contribution in [-0.4, -0.2) is 25.0 Å². The van der Waals surface area contributed by atoms with Crippen molar-refractivity contribution in [3.05, 3.63) is 71.0 Å². The van der Waals surface area contributed by atoms with Gasteiger partial charge in [0.15, 0.2) is 0 Å². The molecule has 0 spiro atoms. The molecule has 0 radical (unpaired) electrons. The molecule has 0 bridgehead atoms. The molecule has 0 aliphatic rings. The number of hydrogen-bond acceptors (Lipinski definition) is 4. The van der Waals surface area contributed by atoms with E-state index in [2.05, 4.69) is 48.6 Å². The first kappa shape index (κ1) is 22.7. The number of imidazole rings is 1. The summed E-state index contributed by atoms with van der Waals surface area (Å²) in [6.07, 6.45) is 2.44. The van der Waals surface area contributed by atoms with Gasteiger partial charge >= 0.3 is 0 Å². The molecule has 7 nitrogen and oxygen atoms in total. The van der Waals surface area contributed by atoms with E-state index in [-0.39, 0.29) is 29.5 Å². The van der Waals surface area contributed by atoms with Gasteiger partial charge in [-0.1, -0.05) is 38.1 Å². The Kier molecular flexibility index (Phi) is 6.58. The Hall–Kier alpha value is -3.48. The first-order valence-corrected chi connectivity index (χ1v) is 11.6. The van der Waals surface area contributed by atoms with Crippen molar-refractivity contribution in [1.29, 1.82) is 0 Å². The van der Waals surface area contributed by atoms with Crippen molar-refractivity contribution in [2.24, 2.45) is 5.92 Å². The summed E-state index contributed by atoms with van der Waals surface area (Å²) in [5.41, 5.74) is 2.62. The van der Waals surface area contributed by atoms with Crippen LogP contribution in [0.2, 0.25) is 0 Å². The number of benzene rings is 2. The van der Waals surface area contributed by atoms with Gasteiger partial charge < -0.3 is 9.88 Å². The van der Waals surface area contributed by atoms with E-state index >= 15 is 0 Å². The molecule has 1 amide bonds. The zero-order valence-corrected chi connectivity index (χ0v) is 19.7. The Morgan fingerprint density at radius 1 is 1.00 bits per heavy atom. The van der Waals surface area contributed by atoms with Crippen LogP contribution in [-0.2, 0) is 11.3 Å². The van der Waals surface area contributed by atoms with Crippen molar-refractivity contribution < 1.29 is 4.79 Å². The minimum Gasteiger partial charge on any atom is -0.346 e. The van der Waals surface area contributed by atoms with Crippen LogP contribution in [0.1, 0.15) is 58.4 Å². The summed E-state index contributed by atoms with van der Waals surface area (Å²) < 4.78 is 3.79. The van der Waals surface area contributed by atoms with Gasteiger partial charge in [-0.15, -0.1) is 0 Å². The molecule has 0 saturated carbocycles. The molecular formula is C26H31N5O2. The molecule has 2 heterocycles. The first-order chi connectivity index (χ1) is 15.9. The topological polar surface area (TPSA) is 81.8 Å². The third kappa shape index (κ3) is 4.67. The molecule has 7 heteroatoms. The van der Waals surface area contributed by atoms with Crippen LogP contribution in [0.25, 0.3) is 21.9 Å². The van der Waals surface area contributed by atoms with E-state index in [0.29, 0.717) is 30.3 Å². The molecule has 1 atom stereocenters. The predicted octanol–water partition coefficient (Wildman–Crippen LogP) is 4.62. The first-order valence-electron chi connectivity index (χ1n) is 11.6. The molecule has 4 aromatic rings. The van der Waals surface area contributed by atoms with E-state index in [1.54, 1.807) is 17.0 Å². The maximum absolute atomic E-state index is 12.9. The van der Waals surface area contributed by atoms with Gasteiger partial charge in [-0.2, -0.15) is 0 Å². The second-order valence-electron chi connectivity index (χ2n) is 9.08. The fourth-order valence-electron chi connectivity index (χ4n) is 4.28. The highest BCUT2D eigenvalue weighted by Gasteiger charge is 2.25. The number of para-hydroxylation sites is 3. The lowest BCUT2D eigenvalue weighted by atomic mass is 10.0. The lowest BCUT2D eigenvalue weighted by Gasteiger charge is -2.25. The van der Waals surface area contributed by atoms with Crippen LogP contribution in [0.15, 0.2) is 59.7 Å². The number of nitrogens with zero attached hydrogens (tertiary/aromatic N) is 4. The molecule has 1 N–H and O–H groups in total.